The van der Waals surface area contributed by atoms with Crippen LogP contribution in [0.3, 0.4) is 0 Å². The van der Waals surface area contributed by atoms with Gasteiger partial charge in [0.05, 0.1) is 5.52 Å². The van der Waals surface area contributed by atoms with Crippen LogP contribution in [0.1, 0.15) is 10.5 Å². The summed E-state index contributed by atoms with van der Waals surface area (Å²) in [5.41, 5.74) is 2.42. The SMILES string of the molecule is CN(C)c1ccc2c(C=O)[nH]nc2c1. The van der Waals surface area contributed by atoms with Gasteiger partial charge in [0.2, 0.25) is 0 Å². The highest BCUT2D eigenvalue weighted by Crippen LogP contribution is 2.20. The third-order valence-electron chi connectivity index (χ3n) is 2.20. The lowest BCUT2D eigenvalue weighted by Gasteiger charge is -2.11. The molecular weight excluding hydrogens is 178 g/mol. The van der Waals surface area contributed by atoms with Gasteiger partial charge in [0, 0.05) is 25.2 Å². The second-order valence-corrected chi connectivity index (χ2v) is 3.35. The van der Waals surface area contributed by atoms with Gasteiger partial charge in [-0.05, 0) is 18.2 Å². The first-order valence-corrected chi connectivity index (χ1v) is 4.33. The van der Waals surface area contributed by atoms with E-state index in [9.17, 15) is 4.79 Å². The molecule has 0 fully saturated rings. The normalized spacial score (nSPS) is 10.4. The van der Waals surface area contributed by atoms with E-state index < -0.39 is 0 Å². The van der Waals surface area contributed by atoms with Gasteiger partial charge < -0.3 is 4.90 Å². The maximum atomic E-state index is 10.6. The number of benzene rings is 1. The molecule has 14 heavy (non-hydrogen) atoms. The van der Waals surface area contributed by atoms with Crippen LogP contribution >= 0.6 is 0 Å². The third-order valence-corrected chi connectivity index (χ3v) is 2.20. The van der Waals surface area contributed by atoms with E-state index in [-0.39, 0.29) is 0 Å². The number of fused-ring (bicyclic) bond motifs is 1. The number of nitrogens with zero attached hydrogens (tertiary/aromatic N) is 2. The molecule has 0 saturated heterocycles. The third kappa shape index (κ3) is 1.25. The summed E-state index contributed by atoms with van der Waals surface area (Å²) in [7, 11) is 3.93. The van der Waals surface area contributed by atoms with Crippen LogP contribution in [-0.2, 0) is 0 Å². The Balaban J connectivity index is 2.63. The molecule has 1 aromatic heterocycles. The Bertz CT molecular complexity index is 473. The molecule has 2 aromatic rings. The summed E-state index contributed by atoms with van der Waals surface area (Å²) in [6, 6.07) is 5.81. The second kappa shape index (κ2) is 3.14. The van der Waals surface area contributed by atoms with E-state index in [2.05, 4.69) is 10.2 Å². The van der Waals surface area contributed by atoms with Gasteiger partial charge in [-0.15, -0.1) is 0 Å². The van der Waals surface area contributed by atoms with Gasteiger partial charge in [-0.2, -0.15) is 5.10 Å². The molecule has 0 radical (unpaired) electrons. The minimum absolute atomic E-state index is 0.533. The fourth-order valence-electron chi connectivity index (χ4n) is 1.39. The van der Waals surface area contributed by atoms with Gasteiger partial charge in [0.25, 0.3) is 0 Å². The van der Waals surface area contributed by atoms with Gasteiger partial charge in [-0.3, -0.25) is 9.89 Å². The number of H-pyrrole nitrogens is 1. The quantitative estimate of drug-likeness (QED) is 0.727. The van der Waals surface area contributed by atoms with E-state index in [0.717, 1.165) is 22.9 Å². The van der Waals surface area contributed by atoms with Crippen LogP contribution in [0.25, 0.3) is 10.9 Å². The van der Waals surface area contributed by atoms with Crippen LogP contribution in [0.4, 0.5) is 5.69 Å². The molecule has 72 valence electrons. The number of rotatable bonds is 2. The van der Waals surface area contributed by atoms with Gasteiger partial charge >= 0.3 is 0 Å². The average molecular weight is 189 g/mol. The first-order chi connectivity index (χ1) is 6.72. The topological polar surface area (TPSA) is 49.0 Å². The average Bonchev–Trinajstić information content (AvgIpc) is 2.59. The monoisotopic (exact) mass is 189 g/mol. The van der Waals surface area contributed by atoms with E-state index in [1.165, 1.54) is 0 Å². The second-order valence-electron chi connectivity index (χ2n) is 3.35. The van der Waals surface area contributed by atoms with Crippen molar-refractivity contribution in [1.82, 2.24) is 10.2 Å². The molecule has 1 N–H and O–H groups in total. The Morgan fingerprint density at radius 1 is 1.43 bits per heavy atom. The van der Waals surface area contributed by atoms with Crippen molar-refractivity contribution >= 4 is 22.9 Å². The molecule has 1 heterocycles. The fraction of sp³-hybridized carbons (Fsp3) is 0.200. The van der Waals surface area contributed by atoms with Crippen molar-refractivity contribution in [3.63, 3.8) is 0 Å². The first kappa shape index (κ1) is 8.74. The van der Waals surface area contributed by atoms with Gasteiger partial charge in [-0.25, -0.2) is 0 Å². The maximum Gasteiger partial charge on any atom is 0.168 e. The molecule has 0 aliphatic heterocycles. The molecule has 1 aromatic carbocycles. The van der Waals surface area contributed by atoms with Gasteiger partial charge in [-0.1, -0.05) is 0 Å². The van der Waals surface area contributed by atoms with Crippen LogP contribution in [0.5, 0.6) is 0 Å². The number of hydrogen-bond acceptors (Lipinski definition) is 3. The molecule has 0 spiro atoms. The van der Waals surface area contributed by atoms with Crippen molar-refractivity contribution in [2.45, 2.75) is 0 Å². The molecule has 4 nitrogen and oxygen atoms in total. The molecule has 0 aliphatic carbocycles. The Kier molecular flexibility index (Phi) is 1.96. The van der Waals surface area contributed by atoms with Crippen LogP contribution in [0.15, 0.2) is 18.2 Å². The molecule has 0 aliphatic rings. The van der Waals surface area contributed by atoms with E-state index >= 15 is 0 Å². The van der Waals surface area contributed by atoms with Gasteiger partial charge in [0.15, 0.2) is 6.29 Å². The Morgan fingerprint density at radius 3 is 2.86 bits per heavy atom. The summed E-state index contributed by atoms with van der Waals surface area (Å²) in [5, 5.41) is 7.61. The molecule has 0 bridgehead atoms. The standard InChI is InChI=1S/C10H11N3O/c1-13(2)7-3-4-8-9(5-7)11-12-10(8)6-14/h3-6H,1-2H3,(H,11,12). The van der Waals surface area contributed by atoms with Crippen molar-refractivity contribution in [3.8, 4) is 0 Å². The van der Waals surface area contributed by atoms with Crippen LogP contribution in [0.2, 0.25) is 0 Å². The highest BCUT2D eigenvalue weighted by molar-refractivity contribution is 5.96. The summed E-state index contributed by atoms with van der Waals surface area (Å²) in [6.07, 6.45) is 0.782. The predicted octanol–water partition coefficient (Wildman–Crippen LogP) is 1.44. The van der Waals surface area contributed by atoms with Crippen molar-refractivity contribution < 1.29 is 4.79 Å². The number of carbonyl (C=O) groups is 1. The predicted molar refractivity (Wildman–Crippen MR) is 55.8 cm³/mol. The largest absolute Gasteiger partial charge is 0.378 e. The molecule has 4 heteroatoms. The minimum Gasteiger partial charge on any atom is -0.378 e. The molecule has 0 atom stereocenters. The van der Waals surface area contributed by atoms with Crippen molar-refractivity contribution in [2.75, 3.05) is 19.0 Å². The summed E-state index contributed by atoms with van der Waals surface area (Å²) in [4.78, 5) is 12.6. The zero-order valence-electron chi connectivity index (χ0n) is 8.11. The molecular formula is C10H11N3O. The number of hydrogen-bond donors (Lipinski definition) is 1. The van der Waals surface area contributed by atoms with E-state index in [1.54, 1.807) is 0 Å². The van der Waals surface area contributed by atoms with Crippen molar-refractivity contribution in [3.05, 3.63) is 23.9 Å². The Hall–Kier alpha value is -1.84. The summed E-state index contributed by atoms with van der Waals surface area (Å²) in [6.45, 7) is 0. The van der Waals surface area contributed by atoms with E-state index in [4.69, 9.17) is 0 Å². The highest BCUT2D eigenvalue weighted by Gasteiger charge is 2.05. The van der Waals surface area contributed by atoms with Crippen molar-refractivity contribution in [2.24, 2.45) is 0 Å². The van der Waals surface area contributed by atoms with Crippen molar-refractivity contribution in [1.29, 1.82) is 0 Å². The summed E-state index contributed by atoms with van der Waals surface area (Å²) in [5.74, 6) is 0. The fourth-order valence-corrected chi connectivity index (χ4v) is 1.39. The molecule has 2 rings (SSSR count). The first-order valence-electron chi connectivity index (χ1n) is 4.33. The van der Waals surface area contributed by atoms with Crippen LogP contribution < -0.4 is 4.90 Å². The molecule has 0 amide bonds. The molecule has 0 unspecified atom stereocenters. The zero-order valence-corrected chi connectivity index (χ0v) is 8.11. The van der Waals surface area contributed by atoms with E-state index in [1.807, 2.05) is 37.2 Å². The highest BCUT2D eigenvalue weighted by atomic mass is 16.1. The number of aromatic amines is 1. The van der Waals surface area contributed by atoms with E-state index in [0.29, 0.717) is 5.69 Å². The number of anilines is 1. The van der Waals surface area contributed by atoms with Crippen LogP contribution in [0, 0.1) is 0 Å². The lowest BCUT2D eigenvalue weighted by atomic mass is 10.2. The minimum atomic E-state index is 0.533. The smallest absolute Gasteiger partial charge is 0.168 e. The summed E-state index contributed by atoms with van der Waals surface area (Å²) >= 11 is 0. The number of carbonyl (C=O) groups excluding carboxylic acids is 1. The Labute approximate surface area is 81.5 Å². The number of nitrogens with one attached hydrogen (secondary N) is 1. The molecule has 0 saturated carbocycles. The maximum absolute atomic E-state index is 10.6. The number of aromatic nitrogens is 2. The zero-order chi connectivity index (χ0) is 10.1. The van der Waals surface area contributed by atoms with Gasteiger partial charge in [0.1, 0.15) is 5.69 Å². The summed E-state index contributed by atoms with van der Waals surface area (Å²) < 4.78 is 0. The van der Waals surface area contributed by atoms with Crippen LogP contribution in [-0.4, -0.2) is 30.6 Å². The number of aldehydes is 1. The lowest BCUT2D eigenvalue weighted by molar-refractivity contribution is 0.112. The Morgan fingerprint density at radius 2 is 2.21 bits per heavy atom. The lowest BCUT2D eigenvalue weighted by Crippen LogP contribution is -2.07.